The predicted molar refractivity (Wildman–Crippen MR) is 109 cm³/mol. The summed E-state index contributed by atoms with van der Waals surface area (Å²) in [6.45, 7) is 0. The molecule has 1 N–H and O–H groups in total. The van der Waals surface area contributed by atoms with Gasteiger partial charge in [-0.15, -0.1) is 0 Å². The second kappa shape index (κ2) is 5.72. The van der Waals surface area contributed by atoms with Crippen LogP contribution in [0.5, 0.6) is 0 Å². The normalized spacial score (nSPS) is 11.6. The molecular formula is C22H14N6. The first-order valence-corrected chi connectivity index (χ1v) is 8.98. The van der Waals surface area contributed by atoms with Crippen LogP contribution in [0.1, 0.15) is 0 Å². The molecule has 0 aliphatic rings. The molecule has 0 unspecified atom stereocenters. The molecule has 0 saturated carbocycles. The van der Waals surface area contributed by atoms with Crippen LogP contribution < -0.4 is 0 Å². The van der Waals surface area contributed by atoms with E-state index in [9.17, 15) is 0 Å². The fourth-order valence-corrected chi connectivity index (χ4v) is 3.59. The summed E-state index contributed by atoms with van der Waals surface area (Å²) in [7, 11) is 0. The Labute approximate surface area is 159 Å². The van der Waals surface area contributed by atoms with Gasteiger partial charge in [0.25, 0.3) is 0 Å². The molecule has 6 nitrogen and oxygen atoms in total. The summed E-state index contributed by atoms with van der Waals surface area (Å²) in [5.41, 5.74) is 5.98. The van der Waals surface area contributed by atoms with Crippen molar-refractivity contribution in [1.82, 2.24) is 29.5 Å². The van der Waals surface area contributed by atoms with E-state index in [2.05, 4.69) is 32.2 Å². The van der Waals surface area contributed by atoms with Gasteiger partial charge in [0.05, 0.1) is 11.0 Å². The van der Waals surface area contributed by atoms with Gasteiger partial charge in [0, 0.05) is 52.9 Å². The van der Waals surface area contributed by atoms with Gasteiger partial charge in [-0.2, -0.15) is 5.10 Å². The zero-order valence-electron chi connectivity index (χ0n) is 14.7. The van der Waals surface area contributed by atoms with Gasteiger partial charge in [-0.25, -0.2) is 14.5 Å². The van der Waals surface area contributed by atoms with Gasteiger partial charge >= 0.3 is 0 Å². The highest BCUT2D eigenvalue weighted by atomic mass is 15.2. The Morgan fingerprint density at radius 3 is 2.89 bits per heavy atom. The third-order valence-electron chi connectivity index (χ3n) is 5.00. The van der Waals surface area contributed by atoms with E-state index in [0.29, 0.717) is 5.82 Å². The Morgan fingerprint density at radius 2 is 1.89 bits per heavy atom. The highest BCUT2D eigenvalue weighted by molar-refractivity contribution is 5.94. The Kier molecular flexibility index (Phi) is 3.07. The molecule has 0 atom stereocenters. The number of rotatable bonds is 2. The van der Waals surface area contributed by atoms with E-state index in [4.69, 9.17) is 4.98 Å². The highest BCUT2D eigenvalue weighted by Crippen LogP contribution is 2.29. The molecule has 0 radical (unpaired) electrons. The first kappa shape index (κ1) is 15.0. The van der Waals surface area contributed by atoms with E-state index in [1.165, 1.54) is 0 Å². The molecule has 6 aromatic rings. The summed E-state index contributed by atoms with van der Waals surface area (Å²) in [5, 5.41) is 6.32. The van der Waals surface area contributed by atoms with Crippen LogP contribution in [0, 0.1) is 0 Å². The maximum atomic E-state index is 4.75. The SMILES string of the molecule is c1cnc2ccc(-c3ncc4c(-c5ccn6nccc6c5)c[nH]c4n3)cc2c1. The van der Waals surface area contributed by atoms with Crippen molar-refractivity contribution in [2.45, 2.75) is 0 Å². The Morgan fingerprint density at radius 1 is 0.893 bits per heavy atom. The lowest BCUT2D eigenvalue weighted by Gasteiger charge is -2.04. The monoisotopic (exact) mass is 362 g/mol. The van der Waals surface area contributed by atoms with Crippen LogP contribution in [0.15, 0.2) is 79.5 Å². The number of aromatic nitrogens is 6. The molecule has 0 aliphatic carbocycles. The average Bonchev–Trinajstić information content (AvgIpc) is 3.39. The Bertz CT molecular complexity index is 1480. The summed E-state index contributed by atoms with van der Waals surface area (Å²) >= 11 is 0. The molecule has 0 amide bonds. The lowest BCUT2D eigenvalue weighted by Crippen LogP contribution is -1.90. The largest absolute Gasteiger partial charge is 0.345 e. The van der Waals surface area contributed by atoms with Crippen molar-refractivity contribution in [3.8, 4) is 22.5 Å². The van der Waals surface area contributed by atoms with Gasteiger partial charge in [0.2, 0.25) is 0 Å². The van der Waals surface area contributed by atoms with Gasteiger partial charge in [-0.05, 0) is 48.0 Å². The molecule has 28 heavy (non-hydrogen) atoms. The molecule has 132 valence electrons. The van der Waals surface area contributed by atoms with Gasteiger partial charge in [-0.3, -0.25) is 4.98 Å². The number of hydrogen-bond acceptors (Lipinski definition) is 4. The third kappa shape index (κ3) is 2.28. The maximum absolute atomic E-state index is 4.75. The van der Waals surface area contributed by atoms with Crippen LogP contribution in [0.25, 0.3) is 50.0 Å². The molecule has 0 fully saturated rings. The summed E-state index contributed by atoms with van der Waals surface area (Å²) in [6.07, 6.45) is 9.42. The summed E-state index contributed by atoms with van der Waals surface area (Å²) < 4.78 is 1.85. The maximum Gasteiger partial charge on any atom is 0.161 e. The number of pyridine rings is 2. The third-order valence-corrected chi connectivity index (χ3v) is 5.00. The number of nitrogens with one attached hydrogen (secondary N) is 1. The van der Waals surface area contributed by atoms with Crippen molar-refractivity contribution in [2.24, 2.45) is 0 Å². The van der Waals surface area contributed by atoms with Gasteiger partial charge in [0.1, 0.15) is 5.65 Å². The van der Waals surface area contributed by atoms with E-state index >= 15 is 0 Å². The molecule has 5 heterocycles. The first-order valence-electron chi connectivity index (χ1n) is 8.98. The second-order valence-corrected chi connectivity index (χ2v) is 6.69. The quantitative estimate of drug-likeness (QED) is 0.493. The fourth-order valence-electron chi connectivity index (χ4n) is 3.59. The van der Waals surface area contributed by atoms with Gasteiger partial charge in [-0.1, -0.05) is 6.07 Å². The van der Waals surface area contributed by atoms with E-state index in [-0.39, 0.29) is 0 Å². The van der Waals surface area contributed by atoms with E-state index in [0.717, 1.165) is 44.1 Å². The van der Waals surface area contributed by atoms with Crippen molar-refractivity contribution in [3.63, 3.8) is 0 Å². The molecule has 0 spiro atoms. The molecule has 0 bridgehead atoms. The first-order chi connectivity index (χ1) is 13.8. The number of fused-ring (bicyclic) bond motifs is 3. The van der Waals surface area contributed by atoms with Crippen LogP contribution in [0.4, 0.5) is 0 Å². The number of H-pyrrole nitrogens is 1. The molecule has 0 saturated heterocycles. The van der Waals surface area contributed by atoms with Crippen molar-refractivity contribution in [3.05, 3.63) is 79.5 Å². The minimum absolute atomic E-state index is 0.692. The molecule has 6 rings (SSSR count). The van der Waals surface area contributed by atoms with Crippen LogP contribution in [-0.4, -0.2) is 29.5 Å². The molecule has 5 aromatic heterocycles. The van der Waals surface area contributed by atoms with Crippen molar-refractivity contribution >= 4 is 27.5 Å². The van der Waals surface area contributed by atoms with E-state index < -0.39 is 0 Å². The number of benzene rings is 1. The summed E-state index contributed by atoms with van der Waals surface area (Å²) in [6, 6.07) is 16.2. The Hall–Kier alpha value is -4.06. The lowest BCUT2D eigenvalue weighted by atomic mass is 10.1. The zero-order chi connectivity index (χ0) is 18.5. The fraction of sp³-hybridized carbons (Fsp3) is 0. The molecular weight excluding hydrogens is 348 g/mol. The van der Waals surface area contributed by atoms with Crippen LogP contribution in [0.2, 0.25) is 0 Å². The number of nitrogens with zero attached hydrogens (tertiary/aromatic N) is 5. The van der Waals surface area contributed by atoms with Crippen molar-refractivity contribution < 1.29 is 0 Å². The standard InChI is InChI=1S/C22H14N6/c1-2-15-10-16(3-4-20(15)23-7-1)21-24-13-19-18(12-25-22(19)27-21)14-6-9-28-17(11-14)5-8-26-28/h1-13H,(H,24,25,27). The van der Waals surface area contributed by atoms with Crippen molar-refractivity contribution in [1.29, 1.82) is 0 Å². The van der Waals surface area contributed by atoms with Crippen LogP contribution in [-0.2, 0) is 0 Å². The average molecular weight is 362 g/mol. The van der Waals surface area contributed by atoms with Crippen LogP contribution in [0.3, 0.4) is 0 Å². The predicted octanol–water partition coefficient (Wildman–Crippen LogP) is 4.49. The van der Waals surface area contributed by atoms with Crippen molar-refractivity contribution in [2.75, 3.05) is 0 Å². The number of aromatic amines is 1. The van der Waals surface area contributed by atoms with Crippen LogP contribution >= 0.6 is 0 Å². The second-order valence-electron chi connectivity index (χ2n) is 6.69. The van der Waals surface area contributed by atoms with Gasteiger partial charge in [0.15, 0.2) is 5.82 Å². The van der Waals surface area contributed by atoms with Gasteiger partial charge < -0.3 is 4.98 Å². The smallest absolute Gasteiger partial charge is 0.161 e. The molecule has 0 aliphatic heterocycles. The summed E-state index contributed by atoms with van der Waals surface area (Å²) in [5.74, 6) is 0.692. The van der Waals surface area contributed by atoms with E-state index in [1.807, 2.05) is 59.5 Å². The molecule has 6 heteroatoms. The minimum atomic E-state index is 0.692. The highest BCUT2D eigenvalue weighted by Gasteiger charge is 2.11. The topological polar surface area (TPSA) is 71.8 Å². The lowest BCUT2D eigenvalue weighted by molar-refractivity contribution is 0.962. The number of hydrogen-bond donors (Lipinski definition) is 1. The van der Waals surface area contributed by atoms with E-state index in [1.54, 1.807) is 12.4 Å². The summed E-state index contributed by atoms with van der Waals surface area (Å²) in [4.78, 5) is 17.0. The zero-order valence-corrected chi connectivity index (χ0v) is 14.7. The molecule has 1 aromatic carbocycles. The minimum Gasteiger partial charge on any atom is -0.345 e. The Balaban J connectivity index is 1.46.